The van der Waals surface area contributed by atoms with Gasteiger partial charge in [-0.15, -0.1) is 0 Å². The van der Waals surface area contributed by atoms with Crippen LogP contribution in [0.5, 0.6) is 0 Å². The van der Waals surface area contributed by atoms with E-state index < -0.39 is 51.3 Å². The molecule has 2 heterocycles. The van der Waals surface area contributed by atoms with Crippen LogP contribution in [0.15, 0.2) is 18.2 Å². The fourth-order valence-corrected chi connectivity index (χ4v) is 3.00. The minimum atomic E-state index is -3.44. The first-order chi connectivity index (χ1) is 16.0. The van der Waals surface area contributed by atoms with Crippen LogP contribution in [0, 0.1) is 0 Å². The normalized spacial score (nSPS) is 41.4. The number of anilines is 1. The first kappa shape index (κ1) is 8.77. The largest absolute Gasteiger partial charge is 0.494 e. The van der Waals surface area contributed by atoms with Crippen molar-refractivity contribution < 1.29 is 24.4 Å². The van der Waals surface area contributed by atoms with Gasteiger partial charge in [0.15, 0.2) is 0 Å². The van der Waals surface area contributed by atoms with Gasteiger partial charge in [-0.05, 0) is 70.5 Å². The maximum absolute atomic E-state index is 8.62. The molecular formula is C20H31BN2O2. The van der Waals surface area contributed by atoms with Crippen LogP contribution in [0.4, 0.5) is 5.69 Å². The Morgan fingerprint density at radius 2 is 1.72 bits per heavy atom. The summed E-state index contributed by atoms with van der Waals surface area (Å²) in [7, 11) is -0.736. The van der Waals surface area contributed by atoms with Gasteiger partial charge < -0.3 is 19.1 Å². The SMILES string of the molecule is [2H]C([2H])([2H])N1C([2H])([2H])C([2H])([2H])N(c2ccc(B3OC(C)(C)C(C)(C)O3)cc2C2CC2)C([2H])([2H])C1([2H])[2H]. The fraction of sp³-hybridized carbons (Fsp3) is 0.700. The summed E-state index contributed by atoms with van der Waals surface area (Å²) in [4.78, 5) is 0.128. The Morgan fingerprint density at radius 1 is 1.08 bits per heavy atom. The van der Waals surface area contributed by atoms with Gasteiger partial charge in [0.2, 0.25) is 0 Å². The Bertz CT molecular complexity index is 1010. The number of piperazine rings is 1. The topological polar surface area (TPSA) is 24.9 Å². The van der Waals surface area contributed by atoms with Crippen molar-refractivity contribution in [2.24, 2.45) is 0 Å². The smallest absolute Gasteiger partial charge is 0.399 e. The van der Waals surface area contributed by atoms with Crippen LogP contribution in [-0.2, 0) is 9.31 Å². The van der Waals surface area contributed by atoms with Gasteiger partial charge in [0, 0.05) is 41.3 Å². The zero-order chi connectivity index (χ0) is 27.5. The van der Waals surface area contributed by atoms with Crippen molar-refractivity contribution in [1.29, 1.82) is 0 Å². The van der Waals surface area contributed by atoms with Gasteiger partial charge in [-0.3, -0.25) is 0 Å². The van der Waals surface area contributed by atoms with Gasteiger partial charge in [0.05, 0.1) is 16.7 Å². The van der Waals surface area contributed by atoms with E-state index >= 15 is 0 Å². The van der Waals surface area contributed by atoms with Crippen molar-refractivity contribution in [2.75, 3.05) is 37.9 Å². The van der Waals surface area contributed by atoms with Crippen molar-refractivity contribution in [3.05, 3.63) is 23.8 Å². The van der Waals surface area contributed by atoms with Crippen LogP contribution in [-0.4, -0.2) is 56.2 Å². The van der Waals surface area contributed by atoms with Gasteiger partial charge >= 0.3 is 7.12 Å². The summed E-state index contributed by atoms with van der Waals surface area (Å²) in [5.74, 6) is -0.0775. The lowest BCUT2D eigenvalue weighted by molar-refractivity contribution is 0.00578. The molecular weight excluding hydrogens is 311 g/mol. The van der Waals surface area contributed by atoms with E-state index in [9.17, 15) is 0 Å². The molecule has 0 spiro atoms. The molecule has 0 bridgehead atoms. The molecule has 136 valence electrons. The lowest BCUT2D eigenvalue weighted by Crippen LogP contribution is -2.45. The predicted octanol–water partition coefficient (Wildman–Crippen LogP) is 2.62. The van der Waals surface area contributed by atoms with Gasteiger partial charge in [0.1, 0.15) is 0 Å². The third-order valence-corrected chi connectivity index (χ3v) is 5.38. The summed E-state index contributed by atoms with van der Waals surface area (Å²) in [6, 6.07) is 4.69. The molecule has 25 heavy (non-hydrogen) atoms. The Labute approximate surface area is 168 Å². The van der Waals surface area contributed by atoms with E-state index in [4.69, 9.17) is 24.4 Å². The van der Waals surface area contributed by atoms with Crippen LogP contribution >= 0.6 is 0 Å². The van der Waals surface area contributed by atoms with E-state index in [1.165, 1.54) is 6.07 Å². The van der Waals surface area contributed by atoms with Crippen molar-refractivity contribution in [3.63, 3.8) is 0 Å². The van der Waals surface area contributed by atoms with Crippen molar-refractivity contribution in [3.8, 4) is 0 Å². The lowest BCUT2D eigenvalue weighted by atomic mass is 9.77. The van der Waals surface area contributed by atoms with Crippen LogP contribution in [0.3, 0.4) is 0 Å². The highest BCUT2D eigenvalue weighted by Gasteiger charge is 2.51. The lowest BCUT2D eigenvalue weighted by Gasteiger charge is -2.35. The summed E-state index contributed by atoms with van der Waals surface area (Å²) in [6.07, 6.45) is 1.47. The molecule has 2 aliphatic heterocycles. The Balaban J connectivity index is 1.86. The van der Waals surface area contributed by atoms with Crippen molar-refractivity contribution in [1.82, 2.24) is 4.90 Å². The minimum Gasteiger partial charge on any atom is -0.399 e. The molecule has 0 unspecified atom stereocenters. The predicted molar refractivity (Wildman–Crippen MR) is 104 cm³/mol. The Hall–Kier alpha value is -1.04. The summed E-state index contributed by atoms with van der Waals surface area (Å²) in [5.41, 5.74) is -0.131. The Kier molecular flexibility index (Phi) is 2.11. The summed E-state index contributed by atoms with van der Waals surface area (Å²) >= 11 is 0. The Morgan fingerprint density at radius 3 is 2.28 bits per heavy atom. The highest BCUT2D eigenvalue weighted by atomic mass is 16.7. The number of likely N-dealkylation sites (N-methyl/N-ethyl adjacent to an activating group) is 1. The number of hydrogen-bond acceptors (Lipinski definition) is 4. The number of nitrogens with zero attached hydrogens (tertiary/aromatic N) is 2. The second-order valence-electron chi connectivity index (χ2n) is 7.80. The number of hydrogen-bond donors (Lipinski definition) is 0. The first-order valence-corrected chi connectivity index (χ1v) is 8.60. The first-order valence-electron chi connectivity index (χ1n) is 14.1. The summed E-state index contributed by atoms with van der Waals surface area (Å²) in [6.45, 7) is -9.18. The second-order valence-corrected chi connectivity index (χ2v) is 7.80. The molecule has 0 atom stereocenters. The molecule has 0 amide bonds. The number of benzene rings is 1. The summed E-state index contributed by atoms with van der Waals surface area (Å²) in [5, 5.41) is 0. The molecule has 3 fully saturated rings. The van der Waals surface area contributed by atoms with Gasteiger partial charge in [-0.1, -0.05) is 12.1 Å². The zero-order valence-corrected chi connectivity index (χ0v) is 15.0. The van der Waals surface area contributed by atoms with E-state index in [1.54, 1.807) is 12.1 Å². The number of rotatable bonds is 3. The van der Waals surface area contributed by atoms with E-state index in [0.29, 0.717) is 15.9 Å². The third-order valence-electron chi connectivity index (χ3n) is 5.38. The average Bonchev–Trinajstić information content (AvgIpc) is 3.46. The second kappa shape index (κ2) is 6.00. The summed E-state index contributed by atoms with van der Waals surface area (Å²) < 4.78 is 103. The average molecular weight is 353 g/mol. The van der Waals surface area contributed by atoms with E-state index in [-0.39, 0.29) is 16.5 Å². The molecule has 1 saturated carbocycles. The van der Waals surface area contributed by atoms with Crippen molar-refractivity contribution in [2.45, 2.75) is 57.7 Å². The van der Waals surface area contributed by atoms with Gasteiger partial charge in [0.25, 0.3) is 0 Å². The third kappa shape index (κ3) is 3.22. The molecule has 2 saturated heterocycles. The molecule has 0 radical (unpaired) electrons. The van der Waals surface area contributed by atoms with E-state index in [1.807, 2.05) is 27.7 Å². The molecule has 4 nitrogen and oxygen atoms in total. The quantitative estimate of drug-likeness (QED) is 0.780. The molecule has 0 aromatic heterocycles. The van der Waals surface area contributed by atoms with E-state index in [2.05, 4.69) is 0 Å². The monoisotopic (exact) mass is 353 g/mol. The molecule has 1 aromatic carbocycles. The molecule has 1 aromatic rings. The van der Waals surface area contributed by atoms with Crippen LogP contribution in [0.1, 0.15) is 67.1 Å². The van der Waals surface area contributed by atoms with Gasteiger partial charge in [-0.2, -0.15) is 0 Å². The molecule has 5 heteroatoms. The molecule has 3 aliphatic rings. The highest BCUT2D eigenvalue weighted by molar-refractivity contribution is 6.62. The van der Waals surface area contributed by atoms with Crippen molar-refractivity contribution >= 4 is 18.3 Å². The maximum atomic E-state index is 8.62. The standard InChI is InChI=1S/C20H31BN2O2/c1-19(2)20(3,4)25-21(24-19)16-8-9-18(17(14-16)15-6-7-15)23-12-10-22(5)11-13-23/h8-9,14-15H,6-7,10-13H2,1-5H3/i5D3,10D2,11D2,12D2,13D2. The van der Waals surface area contributed by atoms with Gasteiger partial charge in [-0.25, -0.2) is 0 Å². The molecule has 1 aliphatic carbocycles. The molecule has 0 N–H and O–H groups in total. The van der Waals surface area contributed by atoms with Crippen LogP contribution in [0.2, 0.25) is 0 Å². The van der Waals surface area contributed by atoms with Crippen LogP contribution in [0.25, 0.3) is 0 Å². The highest BCUT2D eigenvalue weighted by Crippen LogP contribution is 2.44. The fourth-order valence-electron chi connectivity index (χ4n) is 3.00. The minimum absolute atomic E-state index is 0.0364. The van der Waals surface area contributed by atoms with E-state index in [0.717, 1.165) is 12.8 Å². The zero-order valence-electron chi connectivity index (χ0n) is 26.0. The molecule has 4 rings (SSSR count). The van der Waals surface area contributed by atoms with Crippen LogP contribution < -0.4 is 10.4 Å². The maximum Gasteiger partial charge on any atom is 0.494 e.